The second-order valence-corrected chi connectivity index (χ2v) is 7.56. The number of morpholine rings is 1. The van der Waals surface area contributed by atoms with Crippen LogP contribution in [0.4, 0.5) is 5.00 Å². The van der Waals surface area contributed by atoms with Crippen molar-refractivity contribution in [1.29, 1.82) is 0 Å². The van der Waals surface area contributed by atoms with Crippen LogP contribution in [-0.4, -0.2) is 51.6 Å². The van der Waals surface area contributed by atoms with E-state index < -0.39 is 0 Å². The van der Waals surface area contributed by atoms with Crippen molar-refractivity contribution in [1.82, 2.24) is 0 Å². The number of ether oxygens (including phenoxy) is 3. The number of hydrogen-bond donors (Lipinski definition) is 0. The van der Waals surface area contributed by atoms with E-state index in [2.05, 4.69) is 17.0 Å². The lowest BCUT2D eigenvalue weighted by Crippen LogP contribution is -2.35. The molecule has 0 unspecified atom stereocenters. The van der Waals surface area contributed by atoms with Gasteiger partial charge in [0.15, 0.2) is 0 Å². The fraction of sp³-hybridized carbons (Fsp3) is 0.450. The SMILES string of the molecule is O=C(OC[C@H]1CCCO1)c1cc(-c2ccccc2)c(N2CCOCC2)s1. The molecule has 6 heteroatoms. The molecule has 2 aromatic rings. The molecule has 2 aliphatic heterocycles. The summed E-state index contributed by atoms with van der Waals surface area (Å²) in [6.07, 6.45) is 2.05. The van der Waals surface area contributed by atoms with Crippen LogP contribution in [0.1, 0.15) is 22.5 Å². The van der Waals surface area contributed by atoms with Gasteiger partial charge in [-0.3, -0.25) is 0 Å². The zero-order chi connectivity index (χ0) is 17.8. The van der Waals surface area contributed by atoms with Gasteiger partial charge in [0.25, 0.3) is 0 Å². The minimum atomic E-state index is -0.262. The van der Waals surface area contributed by atoms with E-state index in [1.807, 2.05) is 24.3 Å². The number of carbonyl (C=O) groups excluding carboxylic acids is 1. The normalized spacial score (nSPS) is 20.3. The third-order valence-electron chi connectivity index (χ3n) is 4.72. The largest absolute Gasteiger partial charge is 0.459 e. The minimum absolute atomic E-state index is 0.0474. The lowest BCUT2D eigenvalue weighted by molar-refractivity contribution is 0.0165. The zero-order valence-corrected chi connectivity index (χ0v) is 15.5. The smallest absolute Gasteiger partial charge is 0.348 e. The lowest BCUT2D eigenvalue weighted by Gasteiger charge is -2.28. The van der Waals surface area contributed by atoms with Gasteiger partial charge in [0, 0.05) is 25.3 Å². The molecule has 0 N–H and O–H groups in total. The maximum absolute atomic E-state index is 12.6. The zero-order valence-electron chi connectivity index (χ0n) is 14.7. The van der Waals surface area contributed by atoms with Gasteiger partial charge in [0.1, 0.15) is 11.5 Å². The Kier molecular flexibility index (Phi) is 5.53. The highest BCUT2D eigenvalue weighted by Gasteiger charge is 2.24. The standard InChI is InChI=1S/C20H23NO4S/c22-20(25-14-16-7-4-10-24-16)18-13-17(15-5-2-1-3-6-15)19(26-18)21-8-11-23-12-9-21/h1-3,5-6,13,16H,4,7-12,14H2/t16-/m1/s1. The van der Waals surface area contributed by atoms with Crippen molar-refractivity contribution in [3.05, 3.63) is 41.3 Å². The molecule has 2 aliphatic rings. The molecule has 2 saturated heterocycles. The fourth-order valence-corrected chi connectivity index (χ4v) is 4.45. The molecule has 26 heavy (non-hydrogen) atoms. The molecule has 1 atom stereocenters. The Hall–Kier alpha value is -1.89. The van der Waals surface area contributed by atoms with Gasteiger partial charge in [-0.2, -0.15) is 0 Å². The van der Waals surface area contributed by atoms with Crippen LogP contribution in [-0.2, 0) is 14.2 Å². The number of carbonyl (C=O) groups is 1. The molecule has 0 aliphatic carbocycles. The molecule has 0 amide bonds. The Morgan fingerprint density at radius 1 is 1.19 bits per heavy atom. The average molecular weight is 373 g/mol. The predicted molar refractivity (Wildman–Crippen MR) is 102 cm³/mol. The monoisotopic (exact) mass is 373 g/mol. The molecule has 5 nitrogen and oxygen atoms in total. The number of benzene rings is 1. The number of hydrogen-bond acceptors (Lipinski definition) is 6. The van der Waals surface area contributed by atoms with Crippen LogP contribution in [0, 0.1) is 0 Å². The second kappa shape index (κ2) is 8.20. The van der Waals surface area contributed by atoms with Crippen molar-refractivity contribution in [2.45, 2.75) is 18.9 Å². The summed E-state index contributed by atoms with van der Waals surface area (Å²) in [5, 5.41) is 1.11. The van der Waals surface area contributed by atoms with Crippen molar-refractivity contribution >= 4 is 22.3 Å². The van der Waals surface area contributed by atoms with E-state index in [0.29, 0.717) is 24.7 Å². The van der Waals surface area contributed by atoms with Gasteiger partial charge in [-0.15, -0.1) is 11.3 Å². The van der Waals surface area contributed by atoms with Crippen LogP contribution in [0.25, 0.3) is 11.1 Å². The van der Waals surface area contributed by atoms with Crippen LogP contribution in [0.2, 0.25) is 0 Å². The van der Waals surface area contributed by atoms with Crippen LogP contribution >= 0.6 is 11.3 Å². The van der Waals surface area contributed by atoms with Gasteiger partial charge in [-0.25, -0.2) is 4.79 Å². The van der Waals surface area contributed by atoms with Gasteiger partial charge < -0.3 is 19.1 Å². The molecule has 2 fully saturated rings. The van der Waals surface area contributed by atoms with Crippen LogP contribution in [0.15, 0.2) is 36.4 Å². The second-order valence-electron chi connectivity index (χ2n) is 6.53. The summed E-state index contributed by atoms with van der Waals surface area (Å²) in [6, 6.07) is 12.2. The average Bonchev–Trinajstić information content (AvgIpc) is 3.37. The van der Waals surface area contributed by atoms with E-state index >= 15 is 0 Å². The minimum Gasteiger partial charge on any atom is -0.459 e. The van der Waals surface area contributed by atoms with Gasteiger partial charge in [0.05, 0.1) is 24.3 Å². The highest BCUT2D eigenvalue weighted by Crippen LogP contribution is 2.39. The molecule has 3 heterocycles. The van der Waals surface area contributed by atoms with Gasteiger partial charge in [-0.1, -0.05) is 30.3 Å². The summed E-state index contributed by atoms with van der Waals surface area (Å²) < 4.78 is 16.5. The topological polar surface area (TPSA) is 48.0 Å². The molecule has 1 aromatic heterocycles. The van der Waals surface area contributed by atoms with Crippen molar-refractivity contribution in [3.8, 4) is 11.1 Å². The first-order chi connectivity index (χ1) is 12.8. The van der Waals surface area contributed by atoms with Crippen LogP contribution in [0.3, 0.4) is 0 Å². The predicted octanol–water partition coefficient (Wildman–Crippen LogP) is 3.59. The van der Waals surface area contributed by atoms with Crippen molar-refractivity contribution < 1.29 is 19.0 Å². The Morgan fingerprint density at radius 3 is 2.73 bits per heavy atom. The summed E-state index contributed by atoms with van der Waals surface area (Å²) in [4.78, 5) is 15.5. The van der Waals surface area contributed by atoms with Gasteiger partial charge in [-0.05, 0) is 24.5 Å². The first kappa shape index (κ1) is 17.5. The molecule has 1 aromatic carbocycles. The summed E-state index contributed by atoms with van der Waals surface area (Å²) in [7, 11) is 0. The third kappa shape index (κ3) is 3.92. The quantitative estimate of drug-likeness (QED) is 0.750. The first-order valence-electron chi connectivity index (χ1n) is 9.12. The molecule has 0 saturated carbocycles. The van der Waals surface area contributed by atoms with Gasteiger partial charge in [0.2, 0.25) is 0 Å². The summed E-state index contributed by atoms with van der Waals surface area (Å²) >= 11 is 1.51. The van der Waals surface area contributed by atoms with E-state index in [1.165, 1.54) is 11.3 Å². The van der Waals surface area contributed by atoms with E-state index in [-0.39, 0.29) is 12.1 Å². The van der Waals surface area contributed by atoms with E-state index in [1.54, 1.807) is 0 Å². The molecular weight excluding hydrogens is 350 g/mol. The summed E-state index contributed by atoms with van der Waals surface area (Å²) in [6.45, 7) is 4.20. The maximum atomic E-state index is 12.6. The molecule has 4 rings (SSSR count). The van der Waals surface area contributed by atoms with Crippen molar-refractivity contribution in [2.24, 2.45) is 0 Å². The Bertz CT molecular complexity index is 734. The van der Waals surface area contributed by atoms with Crippen LogP contribution < -0.4 is 4.90 Å². The molecule has 0 radical (unpaired) electrons. The molecule has 0 bridgehead atoms. The van der Waals surface area contributed by atoms with E-state index in [0.717, 1.165) is 48.7 Å². The van der Waals surface area contributed by atoms with Gasteiger partial charge >= 0.3 is 5.97 Å². The first-order valence-corrected chi connectivity index (χ1v) is 9.93. The number of nitrogens with zero attached hydrogens (tertiary/aromatic N) is 1. The highest BCUT2D eigenvalue weighted by atomic mass is 32.1. The fourth-order valence-electron chi connectivity index (χ4n) is 3.32. The third-order valence-corrected chi connectivity index (χ3v) is 5.90. The lowest BCUT2D eigenvalue weighted by atomic mass is 10.1. The Labute approximate surface area is 157 Å². The molecule has 0 spiro atoms. The summed E-state index contributed by atoms with van der Waals surface area (Å²) in [5.74, 6) is -0.262. The van der Waals surface area contributed by atoms with Crippen molar-refractivity contribution in [3.63, 3.8) is 0 Å². The number of anilines is 1. The van der Waals surface area contributed by atoms with E-state index in [4.69, 9.17) is 14.2 Å². The number of rotatable bonds is 5. The Morgan fingerprint density at radius 2 is 2.00 bits per heavy atom. The molecule has 138 valence electrons. The number of esters is 1. The Balaban J connectivity index is 1.56. The molecular formula is C20H23NO4S. The van der Waals surface area contributed by atoms with E-state index in [9.17, 15) is 4.79 Å². The summed E-state index contributed by atoms with van der Waals surface area (Å²) in [5.41, 5.74) is 2.20. The van der Waals surface area contributed by atoms with Crippen molar-refractivity contribution in [2.75, 3.05) is 44.4 Å². The maximum Gasteiger partial charge on any atom is 0.348 e. The number of thiophene rings is 1. The van der Waals surface area contributed by atoms with Crippen LogP contribution in [0.5, 0.6) is 0 Å². The highest BCUT2D eigenvalue weighted by molar-refractivity contribution is 7.18.